The lowest BCUT2D eigenvalue weighted by molar-refractivity contribution is 0.599. The Morgan fingerprint density at radius 2 is 1.32 bits per heavy atom. The van der Waals surface area contributed by atoms with Crippen LogP contribution in [-0.4, -0.2) is 22.3 Å². The van der Waals surface area contributed by atoms with Crippen LogP contribution in [0.3, 0.4) is 0 Å². The molecule has 2 aromatic rings. The lowest BCUT2D eigenvalue weighted by Gasteiger charge is -1.86. The monoisotopic (exact) mass is 489 g/mol. The summed E-state index contributed by atoms with van der Waals surface area (Å²) in [6, 6.07) is 7.48. The second-order valence-electron chi connectivity index (χ2n) is 3.32. The van der Waals surface area contributed by atoms with Gasteiger partial charge in [0.25, 0.3) is 9.05 Å². The molecule has 0 aliphatic carbocycles. The van der Waals surface area contributed by atoms with E-state index in [1.54, 1.807) is 6.07 Å². The maximum atomic E-state index is 10.6. The van der Waals surface area contributed by atoms with Crippen LogP contribution < -0.4 is 11.3 Å². The number of nitriles is 1. The Balaban J connectivity index is -0.000000313. The average molecular weight is 491 g/mol. The molecule has 0 aromatic carbocycles. The zero-order valence-corrected chi connectivity index (χ0v) is 18.0. The van der Waals surface area contributed by atoms with Crippen LogP contribution in [0.4, 0.5) is 0 Å². The van der Waals surface area contributed by atoms with Crippen LogP contribution >= 0.6 is 56.6 Å². The summed E-state index contributed by atoms with van der Waals surface area (Å²) in [5.74, 6) is 0. The van der Waals surface area contributed by atoms with Crippen molar-refractivity contribution >= 4 is 75.6 Å². The summed E-state index contributed by atoms with van der Waals surface area (Å²) < 4.78 is 43.3. The van der Waals surface area contributed by atoms with Gasteiger partial charge in [-0.2, -0.15) is 5.26 Å². The highest BCUT2D eigenvalue weighted by molar-refractivity contribution is 8.15. The largest absolute Gasteiger partial charge is 0.412 e. The van der Waals surface area contributed by atoms with Crippen molar-refractivity contribution in [2.24, 2.45) is 5.14 Å². The molecule has 0 unspecified atom stereocenters. The minimum absolute atomic E-state index is 0. The Morgan fingerprint density at radius 3 is 1.44 bits per heavy atom. The smallest absolute Gasteiger partial charge is 0.270 e. The number of primary sulfonamides is 1. The van der Waals surface area contributed by atoms with Gasteiger partial charge in [0.1, 0.15) is 8.42 Å². The fourth-order valence-corrected chi connectivity index (χ4v) is 5.03. The van der Waals surface area contributed by atoms with E-state index in [9.17, 15) is 16.8 Å². The van der Waals surface area contributed by atoms with Crippen LogP contribution in [0.5, 0.6) is 0 Å². The topological polar surface area (TPSA) is 185 Å². The SMILES string of the molecule is CC#N.N.NS(=O)(=O)c1ccc(Cl)s1.O.O=S(=O)(Cl)c1ccc(Cl)s1. The number of thiophene rings is 2. The van der Waals surface area contributed by atoms with Crippen molar-refractivity contribution in [3.05, 3.63) is 32.9 Å². The molecule has 0 bridgehead atoms. The molecule has 7 N–H and O–H groups in total. The number of hydrogen-bond acceptors (Lipinski definition) is 8. The number of nitrogens with two attached hydrogens (primary N) is 1. The van der Waals surface area contributed by atoms with Gasteiger partial charge in [-0.1, -0.05) is 23.2 Å². The van der Waals surface area contributed by atoms with Crippen LogP contribution in [0.15, 0.2) is 32.7 Å². The highest BCUT2D eigenvalue weighted by Crippen LogP contribution is 2.27. The van der Waals surface area contributed by atoms with E-state index in [1.165, 1.54) is 31.2 Å². The van der Waals surface area contributed by atoms with Crippen molar-refractivity contribution in [1.82, 2.24) is 6.15 Å². The van der Waals surface area contributed by atoms with Crippen LogP contribution in [0.25, 0.3) is 0 Å². The predicted molar refractivity (Wildman–Crippen MR) is 103 cm³/mol. The molecule has 0 atom stereocenters. The van der Waals surface area contributed by atoms with Crippen molar-refractivity contribution in [3.63, 3.8) is 0 Å². The zero-order chi connectivity index (χ0) is 18.3. The minimum atomic E-state index is -3.58. The number of halogens is 3. The summed E-state index contributed by atoms with van der Waals surface area (Å²) in [7, 11) is -2.13. The second-order valence-corrected chi connectivity index (χ2v) is 11.3. The van der Waals surface area contributed by atoms with Gasteiger partial charge in [0, 0.05) is 17.6 Å². The van der Waals surface area contributed by atoms with Crippen LogP contribution in [0, 0.1) is 11.3 Å². The Kier molecular flexibility index (Phi) is 15.0. The Bertz CT molecular complexity index is 819. The first-order chi connectivity index (χ1) is 10.4. The predicted octanol–water partition coefficient (Wildman–Crippen LogP) is 3.25. The molecular weight excluding hydrogens is 477 g/mol. The molecule has 2 aromatic heterocycles. The lowest BCUT2D eigenvalue weighted by Crippen LogP contribution is -2.09. The van der Waals surface area contributed by atoms with E-state index in [1.807, 2.05) is 0 Å². The second kappa shape index (κ2) is 12.8. The minimum Gasteiger partial charge on any atom is -0.412 e. The van der Waals surface area contributed by atoms with E-state index in [2.05, 4.69) is 0 Å². The van der Waals surface area contributed by atoms with Crippen molar-refractivity contribution < 1.29 is 22.3 Å². The third-order valence-electron chi connectivity index (χ3n) is 1.62. The molecule has 0 fully saturated rings. The number of hydrogen-bond donors (Lipinski definition) is 2. The molecule has 2 rings (SSSR count). The fourth-order valence-electron chi connectivity index (χ4n) is 0.879. The van der Waals surface area contributed by atoms with E-state index < -0.39 is 19.1 Å². The highest BCUT2D eigenvalue weighted by atomic mass is 35.7. The van der Waals surface area contributed by atoms with E-state index >= 15 is 0 Å². The zero-order valence-electron chi connectivity index (χ0n) is 12.4. The van der Waals surface area contributed by atoms with Gasteiger partial charge in [0.05, 0.1) is 14.7 Å². The van der Waals surface area contributed by atoms with Gasteiger partial charge in [-0.25, -0.2) is 22.0 Å². The molecule has 0 amide bonds. The van der Waals surface area contributed by atoms with Gasteiger partial charge < -0.3 is 11.6 Å². The molecule has 2 heterocycles. The van der Waals surface area contributed by atoms with E-state index in [0.717, 1.165) is 22.7 Å². The highest BCUT2D eigenvalue weighted by Gasteiger charge is 2.11. The summed E-state index contributed by atoms with van der Waals surface area (Å²) in [6.07, 6.45) is 0. The van der Waals surface area contributed by atoms with Gasteiger partial charge in [0.2, 0.25) is 10.0 Å². The van der Waals surface area contributed by atoms with Crippen molar-refractivity contribution in [3.8, 4) is 6.07 Å². The van der Waals surface area contributed by atoms with Gasteiger partial charge >= 0.3 is 0 Å². The third-order valence-corrected chi connectivity index (χ3v) is 7.61. The summed E-state index contributed by atoms with van der Waals surface area (Å²) in [6.45, 7) is 1.43. The van der Waals surface area contributed by atoms with Crippen LogP contribution in [0.1, 0.15) is 6.92 Å². The average Bonchev–Trinajstić information content (AvgIpc) is 2.98. The van der Waals surface area contributed by atoms with Gasteiger partial charge in [-0.3, -0.25) is 0 Å². The van der Waals surface area contributed by atoms with Gasteiger partial charge in [0.15, 0.2) is 0 Å². The Hall–Kier alpha value is -0.460. The standard InChI is InChI=1S/C4H2Cl2O2S2.C4H4ClNO2S2.C2H3N.H3N.H2O/c2*5-3-1-2-4(9-3)10(6,7)8;1-2-3;;/h1-2H;1-2H,(H2,6,7,8);1H3;1H3;1H2. The van der Waals surface area contributed by atoms with Crippen molar-refractivity contribution in [2.45, 2.75) is 15.3 Å². The van der Waals surface area contributed by atoms with Gasteiger partial charge in [-0.05, 0) is 24.3 Å². The molecule has 0 radical (unpaired) electrons. The number of rotatable bonds is 2. The molecule has 25 heavy (non-hydrogen) atoms. The molecule has 0 aliphatic heterocycles. The summed E-state index contributed by atoms with van der Waals surface area (Å²) in [5.41, 5.74) is 0. The Morgan fingerprint density at radius 1 is 1.00 bits per heavy atom. The quantitative estimate of drug-likeness (QED) is 0.608. The maximum Gasteiger partial charge on any atom is 0.270 e. The number of nitrogens with zero attached hydrogens (tertiary/aromatic N) is 1. The molecule has 0 saturated heterocycles. The first-order valence-electron chi connectivity index (χ1n) is 5.20. The summed E-state index contributed by atoms with van der Waals surface area (Å²) >= 11 is 12.8. The molecular formula is C10H14Cl3N3O5S4. The first-order valence-corrected chi connectivity index (χ1v) is 11.4. The van der Waals surface area contributed by atoms with Crippen LogP contribution in [0.2, 0.25) is 8.67 Å². The van der Waals surface area contributed by atoms with E-state index in [4.69, 9.17) is 44.3 Å². The van der Waals surface area contributed by atoms with E-state index in [0.29, 0.717) is 8.67 Å². The molecule has 8 nitrogen and oxygen atoms in total. The van der Waals surface area contributed by atoms with Crippen molar-refractivity contribution in [2.75, 3.05) is 0 Å². The first kappa shape index (κ1) is 29.3. The lowest BCUT2D eigenvalue weighted by atomic mass is 10.7. The van der Waals surface area contributed by atoms with Crippen molar-refractivity contribution in [1.29, 1.82) is 5.26 Å². The summed E-state index contributed by atoms with van der Waals surface area (Å²) in [5, 5.41) is 12.1. The Labute approximate surface area is 168 Å². The number of sulfonamides is 1. The van der Waals surface area contributed by atoms with Crippen LogP contribution in [-0.2, 0) is 19.1 Å². The van der Waals surface area contributed by atoms with Gasteiger partial charge in [-0.15, -0.1) is 22.7 Å². The maximum absolute atomic E-state index is 10.6. The normalized spacial score (nSPS) is 9.76. The molecule has 0 aliphatic rings. The molecule has 0 spiro atoms. The van der Waals surface area contributed by atoms with E-state index in [-0.39, 0.29) is 20.0 Å². The fraction of sp³-hybridized carbons (Fsp3) is 0.100. The molecule has 144 valence electrons. The molecule has 15 heteroatoms. The summed E-state index contributed by atoms with van der Waals surface area (Å²) in [4.78, 5) is 0. The molecule has 0 saturated carbocycles. The third kappa shape index (κ3) is 12.5.